The first kappa shape index (κ1) is 15.5. The van der Waals surface area contributed by atoms with Crippen molar-refractivity contribution in [3.05, 3.63) is 0 Å². The molecule has 0 bridgehead atoms. The van der Waals surface area contributed by atoms with Crippen LogP contribution >= 0.6 is 0 Å². The topological polar surface area (TPSA) is 26.3 Å². The second kappa shape index (κ2) is 5.70. The fourth-order valence-electron chi connectivity index (χ4n) is 1.79. The van der Waals surface area contributed by atoms with E-state index in [1.807, 2.05) is 6.92 Å². The Labute approximate surface area is 101 Å². The molecule has 0 fully saturated rings. The molecular weight excluding hydrogens is 200 g/mol. The van der Waals surface area contributed by atoms with E-state index in [0.29, 0.717) is 6.42 Å². The number of ether oxygens (including phenoxy) is 1. The minimum atomic E-state index is -0.0847. The average Bonchev–Trinajstić information content (AvgIpc) is 1.97. The van der Waals surface area contributed by atoms with Crippen molar-refractivity contribution in [2.24, 2.45) is 10.8 Å². The normalized spacial score (nSPS) is 13.0. The summed E-state index contributed by atoms with van der Waals surface area (Å²) in [5.41, 5.74) is 0.397. The third kappa shape index (κ3) is 8.75. The lowest BCUT2D eigenvalue weighted by Gasteiger charge is -2.30. The zero-order valence-corrected chi connectivity index (χ0v) is 12.0. The molecule has 0 amide bonds. The van der Waals surface area contributed by atoms with Crippen molar-refractivity contribution in [2.75, 3.05) is 0 Å². The van der Waals surface area contributed by atoms with Crippen LogP contribution in [0.4, 0.5) is 0 Å². The molecule has 0 heterocycles. The molecule has 0 saturated carbocycles. The molecule has 0 rings (SSSR count). The molecule has 0 spiro atoms. The molecule has 0 unspecified atom stereocenters. The average molecular weight is 228 g/mol. The van der Waals surface area contributed by atoms with Crippen LogP contribution in [0.3, 0.4) is 0 Å². The van der Waals surface area contributed by atoms with Crippen molar-refractivity contribution >= 4 is 5.97 Å². The molecule has 2 nitrogen and oxygen atoms in total. The Morgan fingerprint density at radius 1 is 1.00 bits per heavy atom. The zero-order chi connectivity index (χ0) is 13.0. The second-order valence-electron chi connectivity index (χ2n) is 6.99. The molecule has 0 radical (unpaired) electrons. The highest BCUT2D eigenvalue weighted by Crippen LogP contribution is 2.30. The van der Waals surface area contributed by atoms with Crippen LogP contribution in [0.5, 0.6) is 0 Å². The third-order valence-corrected chi connectivity index (χ3v) is 2.27. The molecule has 0 aromatic heterocycles. The quantitative estimate of drug-likeness (QED) is 0.675. The van der Waals surface area contributed by atoms with Crippen LogP contribution < -0.4 is 0 Å². The van der Waals surface area contributed by atoms with Gasteiger partial charge in [0.1, 0.15) is 6.10 Å². The van der Waals surface area contributed by atoms with Gasteiger partial charge in [-0.25, -0.2) is 0 Å². The summed E-state index contributed by atoms with van der Waals surface area (Å²) in [7, 11) is 0. The van der Waals surface area contributed by atoms with Gasteiger partial charge in [-0.3, -0.25) is 4.79 Å². The first-order chi connectivity index (χ1) is 7.03. The van der Waals surface area contributed by atoms with Crippen LogP contribution in [0.15, 0.2) is 0 Å². The van der Waals surface area contributed by atoms with E-state index in [4.69, 9.17) is 4.74 Å². The van der Waals surface area contributed by atoms with Gasteiger partial charge in [0.05, 0.1) is 0 Å². The fraction of sp³-hybridized carbons (Fsp3) is 0.929. The Morgan fingerprint density at radius 2 is 1.38 bits per heavy atom. The number of hydrogen-bond donors (Lipinski definition) is 0. The van der Waals surface area contributed by atoms with Gasteiger partial charge in [0.25, 0.3) is 0 Å². The minimum Gasteiger partial charge on any atom is -0.462 e. The molecule has 0 aliphatic carbocycles. The Balaban J connectivity index is 4.45. The van der Waals surface area contributed by atoms with Crippen molar-refractivity contribution < 1.29 is 9.53 Å². The summed E-state index contributed by atoms with van der Waals surface area (Å²) >= 11 is 0. The lowest BCUT2D eigenvalue weighted by atomic mass is 9.82. The van der Waals surface area contributed by atoms with E-state index in [2.05, 4.69) is 41.5 Å². The molecule has 2 heteroatoms. The van der Waals surface area contributed by atoms with Gasteiger partial charge in [0.2, 0.25) is 0 Å². The predicted octanol–water partition coefficient (Wildman–Crippen LogP) is 4.18. The Kier molecular flexibility index (Phi) is 5.51. The van der Waals surface area contributed by atoms with E-state index in [1.165, 1.54) is 0 Å². The highest BCUT2D eigenvalue weighted by Gasteiger charge is 2.26. The lowest BCUT2D eigenvalue weighted by molar-refractivity contribution is -0.151. The fourth-order valence-corrected chi connectivity index (χ4v) is 1.79. The number of carbonyl (C=O) groups is 1. The summed E-state index contributed by atoms with van der Waals surface area (Å²) in [6.07, 6.45) is 2.36. The van der Waals surface area contributed by atoms with Crippen LogP contribution in [0.25, 0.3) is 0 Å². The summed E-state index contributed by atoms with van der Waals surface area (Å²) < 4.78 is 5.51. The monoisotopic (exact) mass is 228 g/mol. The van der Waals surface area contributed by atoms with Crippen molar-refractivity contribution in [3.8, 4) is 0 Å². The number of esters is 1. The first-order valence-corrected chi connectivity index (χ1v) is 6.23. The van der Waals surface area contributed by atoms with Gasteiger partial charge in [-0.1, -0.05) is 48.5 Å². The summed E-state index contributed by atoms with van der Waals surface area (Å²) in [5, 5.41) is 0. The van der Waals surface area contributed by atoms with E-state index in [9.17, 15) is 4.79 Å². The van der Waals surface area contributed by atoms with Gasteiger partial charge >= 0.3 is 5.97 Å². The highest BCUT2D eigenvalue weighted by atomic mass is 16.5. The summed E-state index contributed by atoms with van der Waals surface area (Å²) in [4.78, 5) is 11.4. The van der Waals surface area contributed by atoms with Gasteiger partial charge in [-0.2, -0.15) is 0 Å². The molecule has 0 atom stereocenters. The van der Waals surface area contributed by atoms with E-state index >= 15 is 0 Å². The minimum absolute atomic E-state index is 0.0486. The summed E-state index contributed by atoms with van der Waals surface area (Å²) in [6, 6.07) is 0. The molecule has 96 valence electrons. The lowest BCUT2D eigenvalue weighted by Crippen LogP contribution is -2.28. The molecule has 0 aliphatic heterocycles. The molecule has 0 aliphatic rings. The van der Waals surface area contributed by atoms with E-state index in [0.717, 1.165) is 12.8 Å². The molecule has 0 aromatic carbocycles. The smallest absolute Gasteiger partial charge is 0.305 e. The Bertz CT molecular complexity index is 202. The largest absolute Gasteiger partial charge is 0.462 e. The van der Waals surface area contributed by atoms with Crippen LogP contribution in [-0.2, 0) is 9.53 Å². The zero-order valence-electron chi connectivity index (χ0n) is 12.0. The summed E-state index contributed by atoms with van der Waals surface area (Å²) in [6.45, 7) is 14.9. The maximum Gasteiger partial charge on any atom is 0.305 e. The first-order valence-electron chi connectivity index (χ1n) is 6.23. The summed E-state index contributed by atoms with van der Waals surface area (Å²) in [5.74, 6) is -0.0847. The Morgan fingerprint density at radius 3 is 1.62 bits per heavy atom. The van der Waals surface area contributed by atoms with Gasteiger partial charge in [-0.15, -0.1) is 0 Å². The number of carbonyl (C=O) groups excluding carboxylic acids is 1. The van der Waals surface area contributed by atoms with Gasteiger partial charge < -0.3 is 4.74 Å². The maximum atomic E-state index is 11.4. The predicted molar refractivity (Wildman–Crippen MR) is 68.3 cm³/mol. The van der Waals surface area contributed by atoms with Crippen molar-refractivity contribution in [1.29, 1.82) is 0 Å². The second-order valence-corrected chi connectivity index (χ2v) is 6.99. The van der Waals surface area contributed by atoms with Crippen LogP contribution in [-0.4, -0.2) is 12.1 Å². The van der Waals surface area contributed by atoms with E-state index < -0.39 is 0 Å². The third-order valence-electron chi connectivity index (χ3n) is 2.27. The van der Waals surface area contributed by atoms with Crippen LogP contribution in [0.1, 0.15) is 67.7 Å². The SMILES string of the molecule is CCC(=O)OC(CC(C)(C)C)CC(C)(C)C. The Hall–Kier alpha value is -0.530. The maximum absolute atomic E-state index is 11.4. The molecular formula is C14H28O2. The number of hydrogen-bond acceptors (Lipinski definition) is 2. The van der Waals surface area contributed by atoms with E-state index in [1.54, 1.807) is 0 Å². The van der Waals surface area contributed by atoms with Gasteiger partial charge in [0, 0.05) is 6.42 Å². The van der Waals surface area contributed by atoms with Crippen LogP contribution in [0, 0.1) is 10.8 Å². The van der Waals surface area contributed by atoms with Crippen molar-refractivity contribution in [3.63, 3.8) is 0 Å². The van der Waals surface area contributed by atoms with Crippen LogP contribution in [0.2, 0.25) is 0 Å². The molecule has 0 aromatic rings. The standard InChI is InChI=1S/C14H28O2/c1-8-12(15)16-11(9-13(2,3)4)10-14(5,6)7/h11H,8-10H2,1-7H3. The molecule has 0 saturated heterocycles. The molecule has 0 N–H and O–H groups in total. The van der Waals surface area contributed by atoms with Gasteiger partial charge in [-0.05, 0) is 23.7 Å². The highest BCUT2D eigenvalue weighted by molar-refractivity contribution is 5.69. The van der Waals surface area contributed by atoms with E-state index in [-0.39, 0.29) is 22.9 Å². The van der Waals surface area contributed by atoms with Gasteiger partial charge in [0.15, 0.2) is 0 Å². The number of rotatable bonds is 4. The van der Waals surface area contributed by atoms with Crippen molar-refractivity contribution in [2.45, 2.75) is 73.8 Å². The molecule has 16 heavy (non-hydrogen) atoms. The van der Waals surface area contributed by atoms with Crippen molar-refractivity contribution in [1.82, 2.24) is 0 Å².